The number of hydrogen-bond donors (Lipinski definition) is 2. The standard InChI is InChI=1S/C16H26N2O/c1-12(2)10-13-5-7-14(8-6-13)15(4-3-9-17)11-16(18)19/h5-8,12,15H,3-4,9-11,17H2,1-2H3,(H2,18,19). The highest BCUT2D eigenvalue weighted by atomic mass is 16.1. The minimum absolute atomic E-state index is 0.203. The van der Waals surface area contributed by atoms with Crippen LogP contribution in [0.2, 0.25) is 0 Å². The average molecular weight is 262 g/mol. The molecule has 0 bridgehead atoms. The molecule has 3 heteroatoms. The molecule has 0 aliphatic carbocycles. The van der Waals surface area contributed by atoms with Crippen LogP contribution >= 0.6 is 0 Å². The van der Waals surface area contributed by atoms with Crippen LogP contribution in [0.25, 0.3) is 0 Å². The van der Waals surface area contributed by atoms with Crippen LogP contribution < -0.4 is 11.5 Å². The fraction of sp³-hybridized carbons (Fsp3) is 0.562. The third-order valence-electron chi connectivity index (χ3n) is 3.30. The third kappa shape index (κ3) is 5.88. The van der Waals surface area contributed by atoms with Crippen molar-refractivity contribution in [1.29, 1.82) is 0 Å². The van der Waals surface area contributed by atoms with Gasteiger partial charge in [0.1, 0.15) is 0 Å². The van der Waals surface area contributed by atoms with Gasteiger partial charge in [-0.05, 0) is 48.8 Å². The lowest BCUT2D eigenvalue weighted by Gasteiger charge is -2.16. The zero-order valence-corrected chi connectivity index (χ0v) is 12.1. The van der Waals surface area contributed by atoms with E-state index in [-0.39, 0.29) is 11.8 Å². The van der Waals surface area contributed by atoms with Gasteiger partial charge in [-0.1, -0.05) is 38.1 Å². The minimum atomic E-state index is -0.242. The first-order valence-corrected chi connectivity index (χ1v) is 7.10. The van der Waals surface area contributed by atoms with Crippen molar-refractivity contribution in [3.63, 3.8) is 0 Å². The zero-order chi connectivity index (χ0) is 14.3. The van der Waals surface area contributed by atoms with Gasteiger partial charge in [-0.2, -0.15) is 0 Å². The monoisotopic (exact) mass is 262 g/mol. The van der Waals surface area contributed by atoms with Crippen molar-refractivity contribution < 1.29 is 4.79 Å². The van der Waals surface area contributed by atoms with Crippen molar-refractivity contribution in [2.45, 2.75) is 45.4 Å². The summed E-state index contributed by atoms with van der Waals surface area (Å²) in [5.41, 5.74) is 13.4. The summed E-state index contributed by atoms with van der Waals surface area (Å²) in [7, 11) is 0. The highest BCUT2D eigenvalue weighted by Crippen LogP contribution is 2.25. The van der Waals surface area contributed by atoms with Crippen molar-refractivity contribution >= 4 is 5.91 Å². The summed E-state index contributed by atoms with van der Waals surface area (Å²) in [5, 5.41) is 0. The van der Waals surface area contributed by atoms with Crippen molar-refractivity contribution in [2.75, 3.05) is 6.54 Å². The second-order valence-electron chi connectivity index (χ2n) is 5.64. The molecule has 1 aromatic rings. The molecule has 0 saturated heterocycles. The molecule has 0 saturated carbocycles. The van der Waals surface area contributed by atoms with Gasteiger partial charge in [0, 0.05) is 6.42 Å². The predicted molar refractivity (Wildman–Crippen MR) is 79.8 cm³/mol. The van der Waals surface area contributed by atoms with Gasteiger partial charge in [-0.15, -0.1) is 0 Å². The summed E-state index contributed by atoms with van der Waals surface area (Å²) < 4.78 is 0. The van der Waals surface area contributed by atoms with Crippen LogP contribution in [0.1, 0.15) is 50.2 Å². The maximum absolute atomic E-state index is 11.1. The molecular formula is C16H26N2O. The smallest absolute Gasteiger partial charge is 0.218 e. The Morgan fingerprint density at radius 2 is 1.84 bits per heavy atom. The fourth-order valence-electron chi connectivity index (χ4n) is 2.39. The SMILES string of the molecule is CC(C)Cc1ccc(C(CCCN)CC(N)=O)cc1. The Morgan fingerprint density at radius 1 is 1.21 bits per heavy atom. The van der Waals surface area contributed by atoms with E-state index in [9.17, 15) is 4.79 Å². The molecule has 1 atom stereocenters. The highest BCUT2D eigenvalue weighted by Gasteiger charge is 2.14. The summed E-state index contributed by atoms with van der Waals surface area (Å²) in [6, 6.07) is 8.57. The molecular weight excluding hydrogens is 236 g/mol. The second-order valence-corrected chi connectivity index (χ2v) is 5.64. The fourth-order valence-corrected chi connectivity index (χ4v) is 2.39. The Kier molecular flexibility index (Phi) is 6.57. The van der Waals surface area contributed by atoms with Gasteiger partial charge in [0.05, 0.1) is 0 Å². The molecule has 0 aliphatic heterocycles. The number of carbonyl (C=O) groups is 1. The molecule has 0 spiro atoms. The molecule has 106 valence electrons. The normalized spacial score (nSPS) is 12.6. The van der Waals surface area contributed by atoms with E-state index in [1.807, 2.05) is 0 Å². The van der Waals surface area contributed by atoms with E-state index in [1.165, 1.54) is 11.1 Å². The minimum Gasteiger partial charge on any atom is -0.370 e. The molecule has 0 aliphatic rings. The van der Waals surface area contributed by atoms with E-state index in [2.05, 4.69) is 38.1 Å². The number of nitrogens with two attached hydrogens (primary N) is 2. The number of carbonyl (C=O) groups excluding carboxylic acids is 1. The van der Waals surface area contributed by atoms with Gasteiger partial charge < -0.3 is 11.5 Å². The van der Waals surface area contributed by atoms with E-state index in [0.29, 0.717) is 18.9 Å². The Morgan fingerprint density at radius 3 is 2.32 bits per heavy atom. The molecule has 0 fully saturated rings. The van der Waals surface area contributed by atoms with E-state index >= 15 is 0 Å². The van der Waals surface area contributed by atoms with Gasteiger partial charge in [0.25, 0.3) is 0 Å². The first kappa shape index (κ1) is 15.7. The van der Waals surface area contributed by atoms with Crippen molar-refractivity contribution in [3.8, 4) is 0 Å². The largest absolute Gasteiger partial charge is 0.370 e. The summed E-state index contributed by atoms with van der Waals surface area (Å²) in [5.74, 6) is 0.618. The van der Waals surface area contributed by atoms with Gasteiger partial charge in [0.2, 0.25) is 5.91 Å². The second kappa shape index (κ2) is 7.95. The number of hydrogen-bond acceptors (Lipinski definition) is 2. The maximum Gasteiger partial charge on any atom is 0.218 e. The van der Waals surface area contributed by atoms with Crippen LogP contribution in [-0.4, -0.2) is 12.5 Å². The van der Waals surface area contributed by atoms with E-state index < -0.39 is 0 Å². The lowest BCUT2D eigenvalue weighted by atomic mass is 9.89. The summed E-state index contributed by atoms with van der Waals surface area (Å²) >= 11 is 0. The van der Waals surface area contributed by atoms with Gasteiger partial charge in [0.15, 0.2) is 0 Å². The predicted octanol–water partition coefficient (Wildman–Crippen LogP) is 2.58. The molecule has 1 amide bonds. The molecule has 0 heterocycles. The highest BCUT2D eigenvalue weighted by molar-refractivity contribution is 5.74. The zero-order valence-electron chi connectivity index (χ0n) is 12.1. The maximum atomic E-state index is 11.1. The van der Waals surface area contributed by atoms with Gasteiger partial charge >= 0.3 is 0 Å². The molecule has 0 radical (unpaired) electrons. The molecule has 3 nitrogen and oxygen atoms in total. The van der Waals surface area contributed by atoms with Crippen LogP contribution in [0.15, 0.2) is 24.3 Å². The van der Waals surface area contributed by atoms with Crippen molar-refractivity contribution in [2.24, 2.45) is 17.4 Å². The third-order valence-corrected chi connectivity index (χ3v) is 3.30. The summed E-state index contributed by atoms with van der Waals surface area (Å²) in [4.78, 5) is 11.1. The molecule has 19 heavy (non-hydrogen) atoms. The van der Waals surface area contributed by atoms with Gasteiger partial charge in [-0.25, -0.2) is 0 Å². The molecule has 1 aromatic carbocycles. The number of amides is 1. The average Bonchev–Trinajstić information content (AvgIpc) is 2.34. The quantitative estimate of drug-likeness (QED) is 0.756. The summed E-state index contributed by atoms with van der Waals surface area (Å²) in [6.45, 7) is 5.08. The van der Waals surface area contributed by atoms with Crippen LogP contribution in [0.3, 0.4) is 0 Å². The molecule has 1 unspecified atom stereocenters. The van der Waals surface area contributed by atoms with Gasteiger partial charge in [-0.3, -0.25) is 4.79 Å². The Bertz CT molecular complexity index is 384. The number of rotatable bonds is 8. The molecule has 4 N–H and O–H groups in total. The Hall–Kier alpha value is -1.35. The summed E-state index contributed by atoms with van der Waals surface area (Å²) in [6.07, 6.45) is 3.34. The number of benzene rings is 1. The number of primary amides is 1. The van der Waals surface area contributed by atoms with E-state index in [0.717, 1.165) is 19.3 Å². The van der Waals surface area contributed by atoms with Crippen LogP contribution in [-0.2, 0) is 11.2 Å². The van der Waals surface area contributed by atoms with Crippen LogP contribution in [0.5, 0.6) is 0 Å². The van der Waals surface area contributed by atoms with Crippen LogP contribution in [0, 0.1) is 5.92 Å². The molecule has 1 rings (SSSR count). The van der Waals surface area contributed by atoms with E-state index in [1.54, 1.807) is 0 Å². The van der Waals surface area contributed by atoms with Crippen LogP contribution in [0.4, 0.5) is 0 Å². The lowest BCUT2D eigenvalue weighted by Crippen LogP contribution is -2.16. The Labute approximate surface area is 116 Å². The van der Waals surface area contributed by atoms with Crippen molar-refractivity contribution in [1.82, 2.24) is 0 Å². The first-order valence-electron chi connectivity index (χ1n) is 7.10. The first-order chi connectivity index (χ1) is 9.02. The Balaban J connectivity index is 2.74. The van der Waals surface area contributed by atoms with E-state index in [4.69, 9.17) is 11.5 Å². The van der Waals surface area contributed by atoms with Crippen molar-refractivity contribution in [3.05, 3.63) is 35.4 Å². The molecule has 0 aromatic heterocycles. The lowest BCUT2D eigenvalue weighted by molar-refractivity contribution is -0.118. The topological polar surface area (TPSA) is 69.1 Å².